The van der Waals surface area contributed by atoms with Gasteiger partial charge in [0.05, 0.1) is 18.0 Å². The molecule has 0 bridgehead atoms. The number of fused-ring (bicyclic) bond motifs is 2. The van der Waals surface area contributed by atoms with Crippen molar-refractivity contribution in [3.8, 4) is 0 Å². The Morgan fingerprint density at radius 2 is 2.10 bits per heavy atom. The molecule has 1 unspecified atom stereocenters. The Labute approximate surface area is 181 Å². The molecular formula is C21H19Cl2F2N3O2. The second-order valence-corrected chi connectivity index (χ2v) is 8.11. The van der Waals surface area contributed by atoms with Crippen molar-refractivity contribution in [2.75, 3.05) is 6.54 Å². The number of alkyl halides is 2. The Morgan fingerprint density at radius 1 is 1.33 bits per heavy atom. The molecule has 0 saturated heterocycles. The molecule has 1 amide bonds. The summed E-state index contributed by atoms with van der Waals surface area (Å²) in [7, 11) is 0. The number of aliphatic hydroxyl groups excluding tert-OH is 1. The maximum Gasteiger partial charge on any atom is 0.268 e. The van der Waals surface area contributed by atoms with E-state index in [-0.39, 0.29) is 29.1 Å². The average molecular weight is 454 g/mol. The van der Waals surface area contributed by atoms with Crippen LogP contribution in [0.2, 0.25) is 10.2 Å². The summed E-state index contributed by atoms with van der Waals surface area (Å²) in [4.78, 5) is 14.9. The van der Waals surface area contributed by atoms with Gasteiger partial charge in [-0.25, -0.2) is 8.78 Å². The molecule has 9 heteroatoms. The van der Waals surface area contributed by atoms with E-state index in [9.17, 15) is 18.7 Å². The highest BCUT2D eigenvalue weighted by Gasteiger charge is 2.32. The van der Waals surface area contributed by atoms with Gasteiger partial charge in [0.1, 0.15) is 6.10 Å². The van der Waals surface area contributed by atoms with E-state index in [0.717, 1.165) is 5.56 Å². The lowest BCUT2D eigenvalue weighted by Gasteiger charge is -2.37. The van der Waals surface area contributed by atoms with Gasteiger partial charge in [-0.1, -0.05) is 41.4 Å². The van der Waals surface area contributed by atoms with Crippen molar-refractivity contribution >= 4 is 40.0 Å². The molecule has 1 aromatic heterocycles. The number of nitrogens with zero attached hydrogens (tertiary/aromatic N) is 2. The lowest BCUT2D eigenvalue weighted by atomic mass is 9.87. The van der Waals surface area contributed by atoms with Crippen LogP contribution in [-0.4, -0.2) is 39.1 Å². The van der Waals surface area contributed by atoms with Crippen molar-refractivity contribution < 1.29 is 18.7 Å². The quantitative estimate of drug-likeness (QED) is 0.592. The fourth-order valence-corrected chi connectivity index (χ4v) is 4.68. The van der Waals surface area contributed by atoms with Crippen LogP contribution in [0.3, 0.4) is 0 Å². The number of hydrogen-bond donors (Lipinski definition) is 2. The summed E-state index contributed by atoms with van der Waals surface area (Å²) in [6, 6.07) is 8.06. The largest absolute Gasteiger partial charge is 0.382 e. The first-order valence-corrected chi connectivity index (χ1v) is 10.2. The van der Waals surface area contributed by atoms with Gasteiger partial charge >= 0.3 is 0 Å². The normalized spacial score (nSPS) is 17.4. The van der Waals surface area contributed by atoms with Crippen molar-refractivity contribution in [1.29, 1.82) is 0 Å². The third-order valence-electron chi connectivity index (χ3n) is 5.71. The molecule has 0 aliphatic carbocycles. The molecule has 2 aromatic carbocycles. The van der Waals surface area contributed by atoms with Crippen molar-refractivity contribution in [3.05, 3.63) is 62.8 Å². The van der Waals surface area contributed by atoms with Crippen LogP contribution in [0.4, 0.5) is 8.78 Å². The maximum absolute atomic E-state index is 13.2. The Morgan fingerprint density at radius 3 is 2.83 bits per heavy atom. The molecule has 158 valence electrons. The number of halogens is 4. The topological polar surface area (TPSA) is 69.2 Å². The lowest BCUT2D eigenvalue weighted by molar-refractivity contribution is -0.133. The number of rotatable bonds is 4. The van der Waals surface area contributed by atoms with Crippen LogP contribution in [0.25, 0.3) is 10.9 Å². The molecular weight excluding hydrogens is 435 g/mol. The predicted octanol–water partition coefficient (Wildman–Crippen LogP) is 4.86. The number of hydrogen-bond acceptors (Lipinski definition) is 3. The number of carbonyl (C=O) groups excluding carboxylic acids is 1. The van der Waals surface area contributed by atoms with Crippen LogP contribution >= 0.6 is 23.2 Å². The molecule has 0 spiro atoms. The average Bonchev–Trinajstić information content (AvgIpc) is 3.10. The molecule has 2 N–H and O–H groups in total. The fraction of sp³-hybridized carbons (Fsp3) is 0.333. The highest BCUT2D eigenvalue weighted by Crippen LogP contribution is 2.36. The Bertz CT molecular complexity index is 1120. The van der Waals surface area contributed by atoms with Gasteiger partial charge in [0.25, 0.3) is 6.43 Å². The molecule has 2 atom stereocenters. The first-order chi connectivity index (χ1) is 14.3. The summed E-state index contributed by atoms with van der Waals surface area (Å²) in [5.74, 6) is -0.153. The second-order valence-electron chi connectivity index (χ2n) is 7.35. The zero-order chi connectivity index (χ0) is 21.6. The zero-order valence-electron chi connectivity index (χ0n) is 16.0. The minimum Gasteiger partial charge on any atom is -0.382 e. The van der Waals surface area contributed by atoms with Gasteiger partial charge < -0.3 is 10.0 Å². The summed E-state index contributed by atoms with van der Waals surface area (Å²) < 4.78 is 26.1. The van der Waals surface area contributed by atoms with Crippen LogP contribution in [0.15, 0.2) is 30.3 Å². The molecule has 1 aliphatic rings. The summed E-state index contributed by atoms with van der Waals surface area (Å²) in [5, 5.41) is 17.9. The lowest BCUT2D eigenvalue weighted by Crippen LogP contribution is -2.40. The zero-order valence-corrected chi connectivity index (χ0v) is 17.5. The van der Waals surface area contributed by atoms with Crippen molar-refractivity contribution in [1.82, 2.24) is 15.1 Å². The van der Waals surface area contributed by atoms with E-state index in [0.29, 0.717) is 40.0 Å². The van der Waals surface area contributed by atoms with Gasteiger partial charge in [-0.05, 0) is 47.7 Å². The maximum atomic E-state index is 13.2. The minimum atomic E-state index is -2.87. The third-order valence-corrected chi connectivity index (χ3v) is 6.34. The summed E-state index contributed by atoms with van der Waals surface area (Å²) in [5.41, 5.74) is 2.95. The Hall–Kier alpha value is -2.22. The molecule has 0 fully saturated rings. The van der Waals surface area contributed by atoms with Gasteiger partial charge in [0.15, 0.2) is 5.15 Å². The predicted molar refractivity (Wildman–Crippen MR) is 111 cm³/mol. The smallest absolute Gasteiger partial charge is 0.268 e. The monoisotopic (exact) mass is 453 g/mol. The Kier molecular flexibility index (Phi) is 5.70. The highest BCUT2D eigenvalue weighted by atomic mass is 35.5. The van der Waals surface area contributed by atoms with E-state index in [1.807, 2.05) is 13.0 Å². The Balaban J connectivity index is 1.63. The minimum absolute atomic E-state index is 0.0362. The van der Waals surface area contributed by atoms with E-state index in [1.165, 1.54) is 6.07 Å². The van der Waals surface area contributed by atoms with E-state index in [2.05, 4.69) is 10.2 Å². The second kappa shape index (κ2) is 8.13. The summed E-state index contributed by atoms with van der Waals surface area (Å²) >= 11 is 12.5. The van der Waals surface area contributed by atoms with Gasteiger partial charge in [-0.15, -0.1) is 0 Å². The van der Waals surface area contributed by atoms with E-state index < -0.39 is 12.5 Å². The number of aliphatic hydroxyl groups is 1. The molecule has 30 heavy (non-hydrogen) atoms. The number of aromatic nitrogens is 2. The molecule has 5 nitrogen and oxygen atoms in total. The number of benzene rings is 2. The number of nitrogens with one attached hydrogen (secondary N) is 1. The number of H-pyrrole nitrogens is 1. The molecule has 0 radical (unpaired) electrons. The molecule has 3 aromatic rings. The molecule has 2 heterocycles. The van der Waals surface area contributed by atoms with Crippen LogP contribution in [0, 0.1) is 0 Å². The first-order valence-electron chi connectivity index (χ1n) is 9.48. The van der Waals surface area contributed by atoms with Crippen LogP contribution in [-0.2, 0) is 17.6 Å². The van der Waals surface area contributed by atoms with Gasteiger partial charge in [-0.2, -0.15) is 5.10 Å². The summed E-state index contributed by atoms with van der Waals surface area (Å²) in [6.45, 7) is 2.20. The molecule has 0 saturated carbocycles. The van der Waals surface area contributed by atoms with Crippen LogP contribution in [0.1, 0.15) is 41.3 Å². The van der Waals surface area contributed by atoms with Crippen LogP contribution < -0.4 is 0 Å². The number of aromatic amines is 1. The van der Waals surface area contributed by atoms with E-state index in [1.54, 1.807) is 23.1 Å². The number of carbonyl (C=O) groups is 1. The van der Waals surface area contributed by atoms with Crippen LogP contribution in [0.5, 0.6) is 0 Å². The summed E-state index contributed by atoms with van der Waals surface area (Å²) in [6.07, 6.45) is -4.28. The van der Waals surface area contributed by atoms with Gasteiger partial charge in [0.2, 0.25) is 5.91 Å². The molecule has 1 aliphatic heterocycles. The highest BCUT2D eigenvalue weighted by molar-refractivity contribution is 6.37. The van der Waals surface area contributed by atoms with E-state index >= 15 is 0 Å². The fourth-order valence-electron chi connectivity index (χ4n) is 4.19. The standard InChI is InChI=1S/C21H19Cl2F2N3O2/c1-10-11-3-2-4-13(19(30)21(24)25)12(11)7-8-28(10)17(29)9-14-15(22)5-6-16-18(14)20(23)27-26-16/h2-6,10,19,21,30H,7-9H2,1H3,(H,26,27)/t10-,19?/m0/s1. The van der Waals surface area contributed by atoms with Crippen molar-refractivity contribution in [3.63, 3.8) is 0 Å². The van der Waals surface area contributed by atoms with E-state index in [4.69, 9.17) is 23.2 Å². The first kappa shape index (κ1) is 21.0. The number of amides is 1. The van der Waals surface area contributed by atoms with Gasteiger partial charge in [0, 0.05) is 17.0 Å². The SMILES string of the molecule is C[C@H]1c2cccc(C(O)C(F)F)c2CCN1C(=O)Cc1c(Cl)ccc2[nH]nc(Cl)c12. The molecule has 4 rings (SSSR count). The third kappa shape index (κ3) is 3.55. The van der Waals surface area contributed by atoms with Gasteiger partial charge in [-0.3, -0.25) is 9.89 Å². The van der Waals surface area contributed by atoms with Crippen molar-refractivity contribution in [2.24, 2.45) is 0 Å². The van der Waals surface area contributed by atoms with Crippen molar-refractivity contribution in [2.45, 2.75) is 38.3 Å².